The van der Waals surface area contributed by atoms with Gasteiger partial charge in [0.15, 0.2) is 0 Å². The highest BCUT2D eigenvalue weighted by atomic mass is 35.5. The molecule has 4 rings (SSSR count). The van der Waals surface area contributed by atoms with Gasteiger partial charge in [0.05, 0.1) is 35.7 Å². The number of carbonyl (C=O) groups excluding carboxylic acids is 1. The Morgan fingerprint density at radius 1 is 1.18 bits per heavy atom. The molecular weight excluding hydrogens is 461 g/mol. The Kier molecular flexibility index (Phi) is 6.74. The molecule has 4 aromatic rings. The number of hydrogen-bond acceptors (Lipinski definition) is 7. The fourth-order valence-electron chi connectivity index (χ4n) is 3.33. The fraction of sp³-hybridized carbons (Fsp3) is 0.167. The first kappa shape index (κ1) is 23.2. The first-order valence-corrected chi connectivity index (χ1v) is 10.7. The van der Waals surface area contributed by atoms with E-state index in [0.29, 0.717) is 22.8 Å². The number of imidazole rings is 1. The van der Waals surface area contributed by atoms with E-state index in [1.165, 1.54) is 18.3 Å². The van der Waals surface area contributed by atoms with E-state index in [1.54, 1.807) is 20.1 Å². The van der Waals surface area contributed by atoms with Gasteiger partial charge in [-0.2, -0.15) is 0 Å². The largest absolute Gasteiger partial charge is 0.496 e. The molecule has 0 unspecified atom stereocenters. The third kappa shape index (κ3) is 4.84. The molecule has 0 fully saturated rings. The molecule has 2 N–H and O–H groups in total. The zero-order valence-electron chi connectivity index (χ0n) is 18.6. The molecule has 2 aromatic carbocycles. The molecule has 2 heterocycles. The number of methoxy groups -OCH3 is 1. The number of aromatic amines is 1. The Labute approximate surface area is 200 Å². The van der Waals surface area contributed by atoms with Crippen LogP contribution in [0.4, 0.5) is 16.0 Å². The standard InChI is InChI=1S/C24H21ClFN5O3/c1-4-34-23(32)18-12-28-24(31-21(18)16-7-5-14(26)9-19(16)25)30-15-6-8-17(20(10-15)33-3)22-27-11-13(2)29-22/h5-12H,4H2,1-3H3,(H,27,29)(H,28,30,31). The number of carbonyl (C=O) groups is 1. The number of nitrogens with zero attached hydrogens (tertiary/aromatic N) is 3. The molecular formula is C24H21ClFN5O3. The van der Waals surface area contributed by atoms with Crippen molar-refractivity contribution in [3.63, 3.8) is 0 Å². The van der Waals surface area contributed by atoms with E-state index in [0.717, 1.165) is 17.3 Å². The maximum atomic E-state index is 13.6. The summed E-state index contributed by atoms with van der Waals surface area (Å²) < 4.78 is 24.2. The molecule has 10 heteroatoms. The van der Waals surface area contributed by atoms with Gasteiger partial charge in [-0.1, -0.05) is 11.6 Å². The highest BCUT2D eigenvalue weighted by molar-refractivity contribution is 6.33. The summed E-state index contributed by atoms with van der Waals surface area (Å²) in [6, 6.07) is 9.30. The molecule has 0 spiro atoms. The number of aromatic nitrogens is 4. The van der Waals surface area contributed by atoms with Crippen molar-refractivity contribution in [2.24, 2.45) is 0 Å². The first-order chi connectivity index (χ1) is 16.4. The SMILES string of the molecule is CCOC(=O)c1cnc(Nc2ccc(-c3nc(C)c[nH]3)c(OC)c2)nc1-c1ccc(F)cc1Cl. The predicted molar refractivity (Wildman–Crippen MR) is 127 cm³/mol. The van der Waals surface area contributed by atoms with Crippen LogP contribution in [0, 0.1) is 12.7 Å². The zero-order chi connectivity index (χ0) is 24.2. The normalized spacial score (nSPS) is 10.7. The molecule has 0 saturated heterocycles. The van der Waals surface area contributed by atoms with Gasteiger partial charge in [0.1, 0.15) is 23.0 Å². The van der Waals surface area contributed by atoms with Crippen molar-refractivity contribution in [2.75, 3.05) is 19.0 Å². The summed E-state index contributed by atoms with van der Waals surface area (Å²) in [7, 11) is 1.57. The molecule has 0 bridgehead atoms. The van der Waals surface area contributed by atoms with Gasteiger partial charge < -0.3 is 19.8 Å². The lowest BCUT2D eigenvalue weighted by Crippen LogP contribution is -2.10. The second-order valence-electron chi connectivity index (χ2n) is 7.23. The third-order valence-corrected chi connectivity index (χ3v) is 5.20. The predicted octanol–water partition coefficient (Wildman–Crippen LogP) is 5.56. The zero-order valence-corrected chi connectivity index (χ0v) is 19.4. The fourth-order valence-corrected chi connectivity index (χ4v) is 3.59. The van der Waals surface area contributed by atoms with Crippen molar-refractivity contribution in [1.29, 1.82) is 0 Å². The molecule has 2 aromatic heterocycles. The van der Waals surface area contributed by atoms with Gasteiger partial charge in [0, 0.05) is 29.7 Å². The average molecular weight is 482 g/mol. The van der Waals surface area contributed by atoms with E-state index < -0.39 is 11.8 Å². The van der Waals surface area contributed by atoms with Crippen LogP contribution < -0.4 is 10.1 Å². The highest BCUT2D eigenvalue weighted by Crippen LogP contribution is 2.33. The lowest BCUT2D eigenvalue weighted by Gasteiger charge is -2.13. The van der Waals surface area contributed by atoms with Gasteiger partial charge in [-0.05, 0) is 44.2 Å². The summed E-state index contributed by atoms with van der Waals surface area (Å²) in [6.07, 6.45) is 3.15. The second-order valence-corrected chi connectivity index (χ2v) is 7.64. The molecule has 0 atom stereocenters. The van der Waals surface area contributed by atoms with Crippen molar-refractivity contribution in [1.82, 2.24) is 19.9 Å². The summed E-state index contributed by atoms with van der Waals surface area (Å²) in [6.45, 7) is 3.77. The number of aryl methyl sites for hydroxylation is 1. The minimum atomic E-state index is -0.607. The lowest BCUT2D eigenvalue weighted by molar-refractivity contribution is 0.0526. The van der Waals surface area contributed by atoms with Gasteiger partial charge in [0.2, 0.25) is 5.95 Å². The summed E-state index contributed by atoms with van der Waals surface area (Å²) in [5.74, 6) is 0.363. The molecule has 0 radical (unpaired) electrons. The molecule has 0 aliphatic carbocycles. The minimum Gasteiger partial charge on any atom is -0.496 e. The number of hydrogen-bond donors (Lipinski definition) is 2. The van der Waals surface area contributed by atoms with Crippen LogP contribution in [0.3, 0.4) is 0 Å². The molecule has 0 amide bonds. The van der Waals surface area contributed by atoms with Crippen LogP contribution in [0.15, 0.2) is 48.8 Å². The van der Waals surface area contributed by atoms with E-state index in [1.807, 2.05) is 25.3 Å². The van der Waals surface area contributed by atoms with Crippen LogP contribution >= 0.6 is 11.6 Å². The first-order valence-electron chi connectivity index (χ1n) is 10.4. The molecule has 0 aliphatic heterocycles. The number of halogens is 2. The summed E-state index contributed by atoms with van der Waals surface area (Å²) in [4.78, 5) is 28.8. The van der Waals surface area contributed by atoms with Crippen LogP contribution in [-0.2, 0) is 4.74 Å². The van der Waals surface area contributed by atoms with Crippen LogP contribution in [0.5, 0.6) is 5.75 Å². The third-order valence-electron chi connectivity index (χ3n) is 4.89. The Bertz CT molecular complexity index is 1360. The van der Waals surface area contributed by atoms with Gasteiger partial charge in [-0.3, -0.25) is 0 Å². The maximum Gasteiger partial charge on any atom is 0.341 e. The lowest BCUT2D eigenvalue weighted by atomic mass is 10.1. The van der Waals surface area contributed by atoms with Crippen molar-refractivity contribution in [3.05, 3.63) is 70.9 Å². The van der Waals surface area contributed by atoms with E-state index in [9.17, 15) is 9.18 Å². The molecule has 0 aliphatic rings. The van der Waals surface area contributed by atoms with Crippen LogP contribution in [-0.4, -0.2) is 39.6 Å². The number of benzene rings is 2. The van der Waals surface area contributed by atoms with Crippen LogP contribution in [0.1, 0.15) is 23.0 Å². The Hall–Kier alpha value is -3.98. The van der Waals surface area contributed by atoms with Crippen LogP contribution in [0.25, 0.3) is 22.6 Å². The molecule has 174 valence electrons. The summed E-state index contributed by atoms with van der Waals surface area (Å²) in [5.41, 5.74) is 3.00. The van der Waals surface area contributed by atoms with Crippen LogP contribution in [0.2, 0.25) is 5.02 Å². The van der Waals surface area contributed by atoms with Gasteiger partial charge in [-0.15, -0.1) is 0 Å². The summed E-state index contributed by atoms with van der Waals surface area (Å²) in [5, 5.41) is 3.21. The molecule has 34 heavy (non-hydrogen) atoms. The smallest absolute Gasteiger partial charge is 0.341 e. The number of rotatable bonds is 7. The number of ether oxygens (including phenoxy) is 2. The van der Waals surface area contributed by atoms with Crippen molar-refractivity contribution in [3.8, 4) is 28.4 Å². The number of nitrogens with one attached hydrogen (secondary N) is 2. The average Bonchev–Trinajstić information content (AvgIpc) is 3.25. The maximum absolute atomic E-state index is 13.6. The number of H-pyrrole nitrogens is 1. The minimum absolute atomic E-state index is 0.106. The van der Waals surface area contributed by atoms with E-state index in [4.69, 9.17) is 21.1 Å². The monoisotopic (exact) mass is 481 g/mol. The van der Waals surface area contributed by atoms with Crippen molar-refractivity contribution >= 4 is 29.2 Å². The highest BCUT2D eigenvalue weighted by Gasteiger charge is 2.20. The Morgan fingerprint density at radius 3 is 2.65 bits per heavy atom. The molecule has 0 saturated carbocycles. The Morgan fingerprint density at radius 2 is 1.97 bits per heavy atom. The second kappa shape index (κ2) is 9.88. The van der Waals surface area contributed by atoms with E-state index in [-0.39, 0.29) is 28.8 Å². The van der Waals surface area contributed by atoms with Gasteiger partial charge in [-0.25, -0.2) is 24.1 Å². The number of anilines is 2. The van der Waals surface area contributed by atoms with Crippen molar-refractivity contribution in [2.45, 2.75) is 13.8 Å². The Balaban J connectivity index is 1.72. The summed E-state index contributed by atoms with van der Waals surface area (Å²) >= 11 is 6.25. The van der Waals surface area contributed by atoms with Gasteiger partial charge in [0.25, 0.3) is 0 Å². The quantitative estimate of drug-likeness (QED) is 0.333. The van der Waals surface area contributed by atoms with Gasteiger partial charge >= 0.3 is 5.97 Å². The van der Waals surface area contributed by atoms with E-state index >= 15 is 0 Å². The van der Waals surface area contributed by atoms with E-state index in [2.05, 4.69) is 25.3 Å². The topological polar surface area (TPSA) is 102 Å². The number of esters is 1. The molecule has 8 nitrogen and oxygen atoms in total. The van der Waals surface area contributed by atoms with Crippen molar-refractivity contribution < 1.29 is 18.7 Å².